The van der Waals surface area contributed by atoms with Gasteiger partial charge >= 0.3 is 18.4 Å². The van der Waals surface area contributed by atoms with Gasteiger partial charge in [0, 0.05) is 32.5 Å². The lowest BCUT2D eigenvalue weighted by Gasteiger charge is -2.26. The van der Waals surface area contributed by atoms with Crippen LogP contribution in [0.2, 0.25) is 5.02 Å². The normalized spacial score (nSPS) is 13.0. The molecule has 0 bridgehead atoms. The van der Waals surface area contributed by atoms with Crippen LogP contribution in [0.15, 0.2) is 47.3 Å². The van der Waals surface area contributed by atoms with Crippen molar-refractivity contribution in [3.8, 4) is 11.6 Å². The zero-order valence-corrected chi connectivity index (χ0v) is 31.8. The SMILES string of the molecule is CC(=O)N(c1nn(C)c2c(-n3c(C(Cc4cc(F)cc(F)c4)NC(=O)OC(C)(C)C)nc4nc(OCC(F)(F)C(F)F)ccc4c3=O)ccc(Cl)c12)S(C)(=O)=O. The summed E-state index contributed by atoms with van der Waals surface area (Å²) in [6.07, 6.45) is -4.89. The van der Waals surface area contributed by atoms with Crippen LogP contribution in [0, 0.1) is 11.6 Å². The number of alkyl carbamates (subject to hydrolysis) is 1. The molecule has 3 heterocycles. The fourth-order valence-corrected chi connectivity index (χ4v) is 6.81. The lowest BCUT2D eigenvalue weighted by Crippen LogP contribution is -2.39. The molecule has 14 nitrogen and oxygen atoms in total. The van der Waals surface area contributed by atoms with E-state index in [1.165, 1.54) is 19.2 Å². The number of halogens is 7. The lowest BCUT2D eigenvalue weighted by atomic mass is 10.0. The average molecular weight is 832 g/mol. The summed E-state index contributed by atoms with van der Waals surface area (Å²) in [5.41, 5.74) is -2.80. The second kappa shape index (κ2) is 15.2. The highest BCUT2D eigenvalue weighted by Gasteiger charge is 2.42. The van der Waals surface area contributed by atoms with Crippen molar-refractivity contribution in [1.29, 1.82) is 0 Å². The third-order valence-electron chi connectivity index (χ3n) is 7.78. The maximum Gasteiger partial charge on any atom is 0.408 e. The van der Waals surface area contributed by atoms with E-state index in [0.29, 0.717) is 10.4 Å². The molecule has 0 aliphatic carbocycles. The van der Waals surface area contributed by atoms with Crippen molar-refractivity contribution < 1.29 is 53.8 Å². The summed E-state index contributed by atoms with van der Waals surface area (Å²) >= 11 is 6.58. The summed E-state index contributed by atoms with van der Waals surface area (Å²) in [6, 6.07) is 5.49. The Kier molecular flexibility index (Phi) is 11.4. The standard InChI is InChI=1S/C34H32ClF6N7O7S/c1-16(49)48(56(6,52)53)29-25-21(35)8-9-23(26(25)46(5)45-29)47-28(22(42-32(51)55-33(2,3)4)13-17-11-18(36)14-19(37)12-17)44-27-20(30(47)50)7-10-24(43-27)54-15-34(40,41)31(38)39/h7-12,14,22,31H,13,15H2,1-6H3,(H,42,51). The van der Waals surface area contributed by atoms with Crippen molar-refractivity contribution in [2.75, 3.05) is 17.2 Å². The Labute approximate surface area is 319 Å². The summed E-state index contributed by atoms with van der Waals surface area (Å²) in [4.78, 5) is 49.0. The van der Waals surface area contributed by atoms with Crippen LogP contribution in [0.5, 0.6) is 5.88 Å². The molecule has 5 rings (SSSR count). The van der Waals surface area contributed by atoms with Gasteiger partial charge in [-0.25, -0.2) is 35.8 Å². The molecule has 0 saturated heterocycles. The number of rotatable bonds is 11. The van der Waals surface area contributed by atoms with E-state index >= 15 is 0 Å². The highest BCUT2D eigenvalue weighted by molar-refractivity contribution is 7.92. The van der Waals surface area contributed by atoms with Crippen LogP contribution >= 0.6 is 11.6 Å². The van der Waals surface area contributed by atoms with Crippen molar-refractivity contribution in [2.45, 2.75) is 58.1 Å². The van der Waals surface area contributed by atoms with Crippen molar-refractivity contribution in [2.24, 2.45) is 7.05 Å². The second-order valence-corrected chi connectivity index (χ2v) is 15.7. The van der Waals surface area contributed by atoms with Gasteiger partial charge in [0.2, 0.25) is 21.8 Å². The van der Waals surface area contributed by atoms with Crippen LogP contribution < -0.4 is 19.9 Å². The van der Waals surface area contributed by atoms with Gasteiger partial charge in [0.05, 0.1) is 39.3 Å². The Morgan fingerprint density at radius 1 is 1.04 bits per heavy atom. The molecule has 0 fully saturated rings. The Hall–Kier alpha value is -5.44. The van der Waals surface area contributed by atoms with Gasteiger partial charge in [0.15, 0.2) is 18.1 Å². The molecule has 0 spiro atoms. The highest BCUT2D eigenvalue weighted by atomic mass is 35.5. The molecule has 1 atom stereocenters. The molecule has 56 heavy (non-hydrogen) atoms. The van der Waals surface area contributed by atoms with Gasteiger partial charge in [-0.1, -0.05) is 11.6 Å². The first-order valence-corrected chi connectivity index (χ1v) is 18.4. The zero-order valence-electron chi connectivity index (χ0n) is 30.2. The Bertz CT molecular complexity index is 2520. The first kappa shape index (κ1) is 41.7. The molecule has 0 saturated carbocycles. The molecule has 2 aromatic carbocycles. The van der Waals surface area contributed by atoms with E-state index in [0.717, 1.165) is 46.7 Å². The number of carbonyl (C=O) groups excluding carboxylic acids is 2. The summed E-state index contributed by atoms with van der Waals surface area (Å²) < 4.78 is 120. The molecular formula is C34H32ClF6N7O7S. The molecule has 1 N–H and O–H groups in total. The summed E-state index contributed by atoms with van der Waals surface area (Å²) in [7, 11) is -2.96. The maximum absolute atomic E-state index is 14.6. The van der Waals surface area contributed by atoms with Gasteiger partial charge in [-0.2, -0.15) is 23.2 Å². The molecule has 22 heteroatoms. The number of nitrogens with zero attached hydrogens (tertiary/aromatic N) is 6. The van der Waals surface area contributed by atoms with Crippen molar-refractivity contribution >= 4 is 61.4 Å². The molecule has 1 unspecified atom stereocenters. The number of benzene rings is 2. The maximum atomic E-state index is 14.6. The third kappa shape index (κ3) is 8.83. The van der Waals surface area contributed by atoms with Gasteiger partial charge in [-0.15, -0.1) is 0 Å². The highest BCUT2D eigenvalue weighted by Crippen LogP contribution is 2.38. The van der Waals surface area contributed by atoms with Gasteiger partial charge in [0.25, 0.3) is 5.56 Å². The largest absolute Gasteiger partial charge is 0.471 e. The number of alkyl halides is 4. The molecule has 0 aliphatic rings. The predicted molar refractivity (Wildman–Crippen MR) is 191 cm³/mol. The molecule has 300 valence electrons. The number of sulfonamides is 1. The van der Waals surface area contributed by atoms with Gasteiger partial charge < -0.3 is 14.8 Å². The minimum absolute atomic E-state index is 0.0538. The number of amides is 2. The summed E-state index contributed by atoms with van der Waals surface area (Å²) in [5.74, 6) is -9.03. The minimum atomic E-state index is -4.57. The topological polar surface area (TPSA) is 168 Å². The number of aryl methyl sites for hydroxylation is 1. The summed E-state index contributed by atoms with van der Waals surface area (Å²) in [5, 5.41) is 6.21. The molecule has 0 radical (unpaired) electrons. The first-order chi connectivity index (χ1) is 25.9. The quantitative estimate of drug-likeness (QED) is 0.156. The third-order valence-corrected chi connectivity index (χ3v) is 9.19. The van der Waals surface area contributed by atoms with Crippen molar-refractivity contribution in [3.05, 3.63) is 80.9 Å². The van der Waals surface area contributed by atoms with Crippen molar-refractivity contribution in [3.63, 3.8) is 0 Å². The van der Waals surface area contributed by atoms with E-state index in [-0.39, 0.29) is 32.6 Å². The Morgan fingerprint density at radius 3 is 2.25 bits per heavy atom. The molecule has 0 aliphatic heterocycles. The summed E-state index contributed by atoms with van der Waals surface area (Å²) in [6.45, 7) is 3.81. The van der Waals surface area contributed by atoms with E-state index in [9.17, 15) is 49.1 Å². The molecule has 3 aromatic heterocycles. The Balaban J connectivity index is 1.86. The molecular weight excluding hydrogens is 800 g/mol. The number of hydrogen-bond donors (Lipinski definition) is 1. The van der Waals surface area contributed by atoms with Crippen molar-refractivity contribution in [1.82, 2.24) is 29.6 Å². The van der Waals surface area contributed by atoms with Gasteiger partial charge in [0.1, 0.15) is 23.1 Å². The number of nitrogens with one attached hydrogen (secondary N) is 1. The number of hydrogen-bond acceptors (Lipinski definition) is 10. The van der Waals surface area contributed by atoms with E-state index in [2.05, 4.69) is 20.4 Å². The average Bonchev–Trinajstić information content (AvgIpc) is 3.38. The number of anilines is 1. The van der Waals surface area contributed by atoms with Crippen LogP contribution in [-0.4, -0.2) is 75.5 Å². The van der Waals surface area contributed by atoms with E-state index in [1.54, 1.807) is 20.8 Å². The number of pyridine rings is 1. The number of aromatic nitrogens is 5. The van der Waals surface area contributed by atoms with Crippen LogP contribution in [0.1, 0.15) is 45.1 Å². The fraction of sp³-hybridized carbons (Fsp3) is 0.353. The predicted octanol–water partition coefficient (Wildman–Crippen LogP) is 6.00. The number of fused-ring (bicyclic) bond motifs is 2. The first-order valence-electron chi connectivity index (χ1n) is 16.2. The van der Waals surface area contributed by atoms with E-state index < -0.39 is 99.4 Å². The van der Waals surface area contributed by atoms with Crippen LogP contribution in [0.25, 0.3) is 27.6 Å². The van der Waals surface area contributed by atoms with Gasteiger partial charge in [-0.05, 0) is 56.7 Å². The van der Waals surface area contributed by atoms with Gasteiger partial charge in [-0.3, -0.25) is 18.8 Å². The minimum Gasteiger partial charge on any atom is -0.471 e. The van der Waals surface area contributed by atoms with Crippen LogP contribution in [0.3, 0.4) is 0 Å². The molecule has 5 aromatic rings. The number of carbonyl (C=O) groups is 2. The lowest BCUT2D eigenvalue weighted by molar-refractivity contribution is -0.148. The second-order valence-electron chi connectivity index (χ2n) is 13.4. The van der Waals surface area contributed by atoms with E-state index in [1.807, 2.05) is 0 Å². The smallest absolute Gasteiger partial charge is 0.408 e. The zero-order chi connectivity index (χ0) is 41.7. The fourth-order valence-electron chi connectivity index (χ4n) is 5.67. The Morgan fingerprint density at radius 2 is 1.68 bits per heavy atom. The van der Waals surface area contributed by atoms with Crippen LogP contribution in [0.4, 0.5) is 37.0 Å². The number of ether oxygens (including phenoxy) is 2. The molecule has 2 amide bonds. The van der Waals surface area contributed by atoms with Crippen LogP contribution in [-0.2, 0) is 33.0 Å². The monoisotopic (exact) mass is 831 g/mol. The van der Waals surface area contributed by atoms with E-state index in [4.69, 9.17) is 21.1 Å².